The number of aryl methyl sites for hydroxylation is 2. The Labute approximate surface area is 121 Å². The van der Waals surface area contributed by atoms with Crippen LogP contribution < -0.4 is 0 Å². The fourth-order valence-electron chi connectivity index (χ4n) is 2.69. The van der Waals surface area contributed by atoms with E-state index in [9.17, 15) is 4.79 Å². The van der Waals surface area contributed by atoms with Gasteiger partial charge in [-0.3, -0.25) is 4.79 Å². The molecule has 0 radical (unpaired) electrons. The molecule has 3 rings (SSSR count). The van der Waals surface area contributed by atoms with Crippen molar-refractivity contribution in [3.63, 3.8) is 0 Å². The summed E-state index contributed by atoms with van der Waals surface area (Å²) in [5, 5.41) is 7.77. The van der Waals surface area contributed by atoms with E-state index < -0.39 is 0 Å². The van der Waals surface area contributed by atoms with Gasteiger partial charge in [-0.1, -0.05) is 5.16 Å². The molecule has 0 saturated carbocycles. The lowest BCUT2D eigenvalue weighted by molar-refractivity contribution is 0.0731. The summed E-state index contributed by atoms with van der Waals surface area (Å²) in [5.41, 5.74) is 0.803. The number of likely N-dealkylation sites (tertiary alicyclic amines) is 1. The molecule has 1 unspecified atom stereocenters. The number of hydrogen-bond acceptors (Lipinski definition) is 5. The van der Waals surface area contributed by atoms with E-state index in [1.54, 1.807) is 18.3 Å². The van der Waals surface area contributed by atoms with E-state index in [2.05, 4.69) is 10.1 Å². The molecule has 0 aromatic carbocycles. The molecule has 106 valence electrons. The number of rotatable bonds is 4. The van der Waals surface area contributed by atoms with Crippen LogP contribution in [0.25, 0.3) is 0 Å². The molecule has 1 atom stereocenters. The third-order valence-corrected chi connectivity index (χ3v) is 4.36. The Morgan fingerprint density at radius 3 is 3.20 bits per heavy atom. The summed E-state index contributed by atoms with van der Waals surface area (Å²) in [6.45, 7) is 2.64. The number of carbonyl (C=O) groups is 1. The van der Waals surface area contributed by atoms with E-state index in [-0.39, 0.29) is 5.91 Å². The summed E-state index contributed by atoms with van der Waals surface area (Å²) in [6.07, 6.45) is 3.79. The first-order chi connectivity index (χ1) is 9.74. The molecule has 6 heteroatoms. The van der Waals surface area contributed by atoms with Gasteiger partial charge in [-0.2, -0.15) is 16.3 Å². The van der Waals surface area contributed by atoms with E-state index in [1.165, 1.54) is 0 Å². The Hall–Kier alpha value is -1.69. The van der Waals surface area contributed by atoms with Crippen LogP contribution in [0.4, 0.5) is 0 Å². The van der Waals surface area contributed by atoms with E-state index in [4.69, 9.17) is 4.52 Å². The molecule has 3 heterocycles. The van der Waals surface area contributed by atoms with Crippen LogP contribution in [0, 0.1) is 6.92 Å². The average molecular weight is 291 g/mol. The Balaban J connectivity index is 1.62. The predicted molar refractivity (Wildman–Crippen MR) is 75.7 cm³/mol. The second-order valence-electron chi connectivity index (χ2n) is 5.07. The third kappa shape index (κ3) is 2.75. The average Bonchev–Trinajstić information content (AvgIpc) is 3.17. The van der Waals surface area contributed by atoms with Crippen molar-refractivity contribution in [3.05, 3.63) is 34.1 Å². The molecule has 1 aliphatic rings. The van der Waals surface area contributed by atoms with Crippen molar-refractivity contribution in [1.82, 2.24) is 15.0 Å². The maximum atomic E-state index is 12.4. The van der Waals surface area contributed by atoms with Gasteiger partial charge in [0.2, 0.25) is 5.89 Å². The zero-order valence-electron chi connectivity index (χ0n) is 11.4. The topological polar surface area (TPSA) is 59.2 Å². The van der Waals surface area contributed by atoms with Crippen LogP contribution >= 0.6 is 11.3 Å². The van der Waals surface area contributed by atoms with Gasteiger partial charge in [0.05, 0.1) is 5.56 Å². The summed E-state index contributed by atoms with van der Waals surface area (Å²) in [6, 6.07) is 2.19. The van der Waals surface area contributed by atoms with Gasteiger partial charge in [-0.05, 0) is 30.7 Å². The van der Waals surface area contributed by atoms with Gasteiger partial charge in [0.15, 0.2) is 5.82 Å². The summed E-state index contributed by atoms with van der Waals surface area (Å²) < 4.78 is 4.97. The predicted octanol–water partition coefficient (Wildman–Crippen LogP) is 2.68. The highest BCUT2D eigenvalue weighted by atomic mass is 32.1. The standard InChI is InChI=1S/C14H17N3O2S/c1-10-15-13(16-19-10)5-4-12-3-2-7-17(12)14(18)11-6-8-20-9-11/h6,8-9,12H,2-5,7H2,1H3. The summed E-state index contributed by atoms with van der Waals surface area (Å²) in [4.78, 5) is 18.6. The van der Waals surface area contributed by atoms with Crippen molar-refractivity contribution in [3.8, 4) is 0 Å². The number of hydrogen-bond donors (Lipinski definition) is 0. The van der Waals surface area contributed by atoms with Crippen molar-refractivity contribution < 1.29 is 9.32 Å². The number of amides is 1. The van der Waals surface area contributed by atoms with Crippen LogP contribution in [0.15, 0.2) is 21.3 Å². The lowest BCUT2D eigenvalue weighted by Gasteiger charge is -2.24. The first kappa shape index (κ1) is 13.3. The lowest BCUT2D eigenvalue weighted by atomic mass is 10.1. The maximum absolute atomic E-state index is 12.4. The van der Waals surface area contributed by atoms with Crippen LogP contribution in [0.3, 0.4) is 0 Å². The van der Waals surface area contributed by atoms with Crippen molar-refractivity contribution in [2.24, 2.45) is 0 Å². The van der Waals surface area contributed by atoms with Crippen LogP contribution in [-0.2, 0) is 6.42 Å². The first-order valence-corrected chi connectivity index (χ1v) is 7.80. The van der Waals surface area contributed by atoms with Gasteiger partial charge >= 0.3 is 0 Å². The van der Waals surface area contributed by atoms with E-state index >= 15 is 0 Å². The lowest BCUT2D eigenvalue weighted by Crippen LogP contribution is -2.35. The smallest absolute Gasteiger partial charge is 0.254 e. The molecular weight excluding hydrogens is 274 g/mol. The highest BCUT2D eigenvalue weighted by Crippen LogP contribution is 2.24. The number of thiophene rings is 1. The Bertz CT molecular complexity index is 579. The normalized spacial score (nSPS) is 18.6. The molecular formula is C14H17N3O2S. The largest absolute Gasteiger partial charge is 0.340 e. The summed E-state index contributed by atoms with van der Waals surface area (Å²) >= 11 is 1.56. The van der Waals surface area contributed by atoms with Crippen LogP contribution in [0.2, 0.25) is 0 Å². The van der Waals surface area contributed by atoms with Gasteiger partial charge in [0.1, 0.15) is 0 Å². The van der Waals surface area contributed by atoms with Gasteiger partial charge in [0, 0.05) is 31.3 Å². The molecule has 2 aromatic heterocycles. The minimum atomic E-state index is 0.151. The molecule has 1 aliphatic heterocycles. The molecule has 20 heavy (non-hydrogen) atoms. The monoisotopic (exact) mass is 291 g/mol. The summed E-state index contributed by atoms with van der Waals surface area (Å²) in [5.74, 6) is 1.48. The highest BCUT2D eigenvalue weighted by Gasteiger charge is 2.29. The van der Waals surface area contributed by atoms with Crippen molar-refractivity contribution in [1.29, 1.82) is 0 Å². The molecule has 1 saturated heterocycles. The quantitative estimate of drug-likeness (QED) is 0.869. The van der Waals surface area contributed by atoms with E-state index in [0.29, 0.717) is 11.9 Å². The Morgan fingerprint density at radius 2 is 2.50 bits per heavy atom. The van der Waals surface area contributed by atoms with Gasteiger partial charge in [-0.25, -0.2) is 0 Å². The van der Waals surface area contributed by atoms with Crippen molar-refractivity contribution >= 4 is 17.2 Å². The van der Waals surface area contributed by atoms with Crippen LogP contribution in [0.1, 0.15) is 41.3 Å². The number of carbonyl (C=O) groups excluding carboxylic acids is 1. The van der Waals surface area contributed by atoms with Gasteiger partial charge < -0.3 is 9.42 Å². The van der Waals surface area contributed by atoms with Crippen LogP contribution in [-0.4, -0.2) is 33.5 Å². The van der Waals surface area contributed by atoms with Crippen molar-refractivity contribution in [2.75, 3.05) is 6.54 Å². The second-order valence-corrected chi connectivity index (χ2v) is 5.85. The molecule has 5 nitrogen and oxygen atoms in total. The fraction of sp³-hybridized carbons (Fsp3) is 0.500. The Kier molecular flexibility index (Phi) is 3.82. The van der Waals surface area contributed by atoms with E-state index in [1.807, 2.05) is 21.7 Å². The molecule has 0 bridgehead atoms. The third-order valence-electron chi connectivity index (χ3n) is 3.68. The first-order valence-electron chi connectivity index (χ1n) is 6.86. The molecule has 2 aromatic rings. The second kappa shape index (κ2) is 5.75. The molecule has 1 amide bonds. The maximum Gasteiger partial charge on any atom is 0.254 e. The van der Waals surface area contributed by atoms with Gasteiger partial charge in [0.25, 0.3) is 5.91 Å². The van der Waals surface area contributed by atoms with Crippen molar-refractivity contribution in [2.45, 2.75) is 38.6 Å². The minimum Gasteiger partial charge on any atom is -0.340 e. The van der Waals surface area contributed by atoms with E-state index in [0.717, 1.165) is 43.6 Å². The molecule has 0 N–H and O–H groups in total. The molecule has 0 spiro atoms. The number of aromatic nitrogens is 2. The fourth-order valence-corrected chi connectivity index (χ4v) is 3.32. The molecule has 0 aliphatic carbocycles. The zero-order chi connectivity index (χ0) is 13.9. The number of nitrogens with zero attached hydrogens (tertiary/aromatic N) is 3. The molecule has 1 fully saturated rings. The van der Waals surface area contributed by atoms with Gasteiger partial charge in [-0.15, -0.1) is 0 Å². The SMILES string of the molecule is Cc1nc(CCC2CCCN2C(=O)c2ccsc2)no1. The highest BCUT2D eigenvalue weighted by molar-refractivity contribution is 7.08. The Morgan fingerprint density at radius 1 is 1.60 bits per heavy atom. The van der Waals surface area contributed by atoms with Crippen LogP contribution in [0.5, 0.6) is 0 Å². The summed E-state index contributed by atoms with van der Waals surface area (Å²) in [7, 11) is 0. The zero-order valence-corrected chi connectivity index (χ0v) is 12.2. The minimum absolute atomic E-state index is 0.151.